The lowest BCUT2D eigenvalue weighted by Gasteiger charge is -2.34. The zero-order valence-electron chi connectivity index (χ0n) is 15.0. The smallest absolute Gasteiger partial charge is 0.410 e. The van der Waals surface area contributed by atoms with Crippen molar-refractivity contribution in [3.8, 4) is 0 Å². The van der Waals surface area contributed by atoms with E-state index in [4.69, 9.17) is 4.74 Å². The van der Waals surface area contributed by atoms with Crippen molar-refractivity contribution in [2.75, 3.05) is 26.2 Å². The summed E-state index contributed by atoms with van der Waals surface area (Å²) >= 11 is 0. The Hall–Kier alpha value is -1.38. The molecule has 0 N–H and O–H groups in total. The fraction of sp³-hybridized carbons (Fsp3) is 0.875. The first-order valence-electron chi connectivity index (χ1n) is 8.65. The van der Waals surface area contributed by atoms with Gasteiger partial charge < -0.3 is 14.5 Å². The van der Waals surface area contributed by atoms with Crippen LogP contribution in [-0.4, -0.2) is 67.2 Å². The second-order valence-corrected chi connectivity index (χ2v) is 9.48. The van der Waals surface area contributed by atoms with Gasteiger partial charge in [-0.15, -0.1) is 3.89 Å². The summed E-state index contributed by atoms with van der Waals surface area (Å²) in [5.41, 5.74) is -0.543. The molecule has 0 aromatic rings. The van der Waals surface area contributed by atoms with Gasteiger partial charge in [0.05, 0.1) is 0 Å². The number of piperidine rings is 1. The third-order valence-electron chi connectivity index (χ3n) is 4.56. The molecule has 2 atom stereocenters. The molecule has 0 radical (unpaired) electrons. The highest BCUT2D eigenvalue weighted by atomic mass is 32.3. The molecule has 25 heavy (non-hydrogen) atoms. The molecule has 0 aliphatic carbocycles. The first kappa shape index (κ1) is 19.9. The normalized spacial score (nSPS) is 25.4. The van der Waals surface area contributed by atoms with Gasteiger partial charge in [-0.05, 0) is 46.0 Å². The van der Waals surface area contributed by atoms with Crippen molar-refractivity contribution < 1.29 is 26.6 Å². The number of carbonyl (C=O) groups is 2. The Bertz CT molecular complexity index is 617. The summed E-state index contributed by atoms with van der Waals surface area (Å²) in [6, 6.07) is 0. The molecule has 0 saturated carbocycles. The van der Waals surface area contributed by atoms with E-state index in [1.54, 1.807) is 4.90 Å². The van der Waals surface area contributed by atoms with E-state index in [1.807, 2.05) is 20.8 Å². The molecule has 2 amide bonds. The molecule has 0 spiro atoms. The molecule has 2 saturated heterocycles. The molecule has 9 heteroatoms. The summed E-state index contributed by atoms with van der Waals surface area (Å²) in [6.45, 7) is 6.97. The van der Waals surface area contributed by atoms with Gasteiger partial charge in [0, 0.05) is 32.6 Å². The number of hydrogen-bond acceptors (Lipinski definition) is 5. The fourth-order valence-electron chi connectivity index (χ4n) is 3.27. The molecule has 7 nitrogen and oxygen atoms in total. The van der Waals surface area contributed by atoms with Crippen LogP contribution in [0.1, 0.15) is 46.5 Å². The number of hydrogen-bond donors (Lipinski definition) is 0. The summed E-state index contributed by atoms with van der Waals surface area (Å²) in [6.07, 6.45) is 1.83. The summed E-state index contributed by atoms with van der Waals surface area (Å²) in [5.74, 6) is -0.110. The third kappa shape index (κ3) is 5.83. The Morgan fingerprint density at radius 2 is 2.00 bits per heavy atom. The number of nitrogens with zero attached hydrogens (tertiary/aromatic N) is 2. The van der Waals surface area contributed by atoms with Crippen molar-refractivity contribution in [1.82, 2.24) is 9.80 Å². The predicted octanol–water partition coefficient (Wildman–Crippen LogP) is 1.92. The maximum atomic E-state index is 13.0. The minimum atomic E-state index is -4.68. The number of likely N-dealkylation sites (tertiary alicyclic amines) is 2. The molecular weight excluding hydrogens is 351 g/mol. The van der Waals surface area contributed by atoms with Gasteiger partial charge in [0.1, 0.15) is 10.9 Å². The predicted molar refractivity (Wildman–Crippen MR) is 90.2 cm³/mol. The number of carbonyl (C=O) groups excluding carboxylic acids is 2. The average Bonchev–Trinajstić information content (AvgIpc) is 2.85. The van der Waals surface area contributed by atoms with Crippen LogP contribution in [0.15, 0.2) is 0 Å². The van der Waals surface area contributed by atoms with Crippen molar-refractivity contribution in [2.45, 2.75) is 57.3 Å². The van der Waals surface area contributed by atoms with Crippen LogP contribution in [0.3, 0.4) is 0 Å². The second-order valence-electron chi connectivity index (χ2n) is 7.86. The molecule has 2 aliphatic heterocycles. The van der Waals surface area contributed by atoms with E-state index >= 15 is 0 Å². The lowest BCUT2D eigenvalue weighted by molar-refractivity contribution is -0.127. The van der Waals surface area contributed by atoms with Gasteiger partial charge >= 0.3 is 16.3 Å². The molecule has 144 valence electrons. The van der Waals surface area contributed by atoms with Gasteiger partial charge in [-0.3, -0.25) is 4.79 Å². The van der Waals surface area contributed by atoms with Gasteiger partial charge in [-0.1, -0.05) is 0 Å². The zero-order valence-corrected chi connectivity index (χ0v) is 15.8. The van der Waals surface area contributed by atoms with Crippen molar-refractivity contribution in [3.05, 3.63) is 0 Å². The highest BCUT2D eigenvalue weighted by Crippen LogP contribution is 2.24. The van der Waals surface area contributed by atoms with Crippen molar-refractivity contribution in [3.63, 3.8) is 0 Å². The topological polar surface area (TPSA) is 84.0 Å². The summed E-state index contributed by atoms with van der Waals surface area (Å²) < 4.78 is 40.4. The van der Waals surface area contributed by atoms with Gasteiger partial charge in [0.2, 0.25) is 5.91 Å². The van der Waals surface area contributed by atoms with Gasteiger partial charge in [0.25, 0.3) is 0 Å². The molecule has 2 fully saturated rings. The van der Waals surface area contributed by atoms with E-state index in [-0.39, 0.29) is 30.9 Å². The monoisotopic (exact) mass is 378 g/mol. The molecule has 2 aliphatic rings. The van der Waals surface area contributed by atoms with Gasteiger partial charge in [-0.2, -0.15) is 8.42 Å². The third-order valence-corrected chi connectivity index (χ3v) is 5.67. The highest BCUT2D eigenvalue weighted by molar-refractivity contribution is 7.87. The maximum Gasteiger partial charge on any atom is 0.410 e. The molecule has 0 aromatic carbocycles. The minimum Gasteiger partial charge on any atom is -0.444 e. The second kappa shape index (κ2) is 7.47. The SMILES string of the molecule is CC(C)(C)OC(=O)N1CCCC(CCN2CC(S(=O)(=O)F)CC2=O)C1. The van der Waals surface area contributed by atoms with Crippen LogP contribution < -0.4 is 0 Å². The van der Waals surface area contributed by atoms with E-state index in [1.165, 1.54) is 4.90 Å². The number of rotatable bonds is 4. The zero-order chi connectivity index (χ0) is 18.8. The standard InChI is InChI=1S/C16H27FN2O5S/c1-16(2,3)24-15(21)19-7-4-5-12(10-19)6-8-18-11-13(9-14(18)20)25(17,22)23/h12-13H,4-11H2,1-3H3. The molecule has 2 unspecified atom stereocenters. The van der Waals surface area contributed by atoms with Crippen LogP contribution in [0.4, 0.5) is 8.68 Å². The Labute approximate surface area is 148 Å². The lowest BCUT2D eigenvalue weighted by atomic mass is 9.95. The maximum absolute atomic E-state index is 13.0. The van der Waals surface area contributed by atoms with Gasteiger partial charge in [0.15, 0.2) is 0 Å². The Morgan fingerprint density at radius 1 is 1.32 bits per heavy atom. The summed E-state index contributed by atoms with van der Waals surface area (Å²) in [7, 11) is -4.68. The average molecular weight is 378 g/mol. The lowest BCUT2D eigenvalue weighted by Crippen LogP contribution is -2.43. The van der Waals surface area contributed by atoms with Crippen LogP contribution >= 0.6 is 0 Å². The molecular formula is C16H27FN2O5S. The Balaban J connectivity index is 1.83. The van der Waals surface area contributed by atoms with Crippen LogP contribution in [-0.2, 0) is 19.8 Å². The summed E-state index contributed by atoms with van der Waals surface area (Å²) in [4.78, 5) is 27.1. The van der Waals surface area contributed by atoms with Crippen LogP contribution in [0.25, 0.3) is 0 Å². The number of amides is 2. The van der Waals surface area contributed by atoms with E-state index in [0.717, 1.165) is 12.8 Å². The molecule has 0 bridgehead atoms. The number of ether oxygens (including phenoxy) is 1. The number of halogens is 1. The fourth-order valence-corrected chi connectivity index (χ4v) is 3.97. The van der Waals surface area contributed by atoms with E-state index in [0.29, 0.717) is 26.1 Å². The van der Waals surface area contributed by atoms with E-state index in [2.05, 4.69) is 0 Å². The van der Waals surface area contributed by atoms with Crippen molar-refractivity contribution in [2.24, 2.45) is 5.92 Å². The Morgan fingerprint density at radius 3 is 2.56 bits per heavy atom. The van der Waals surface area contributed by atoms with Crippen LogP contribution in [0, 0.1) is 5.92 Å². The summed E-state index contributed by atoms with van der Waals surface area (Å²) in [5, 5.41) is -1.25. The largest absolute Gasteiger partial charge is 0.444 e. The molecule has 2 rings (SSSR count). The molecule has 2 heterocycles. The van der Waals surface area contributed by atoms with Crippen LogP contribution in [0.2, 0.25) is 0 Å². The Kier molecular flexibility index (Phi) is 5.96. The highest BCUT2D eigenvalue weighted by Gasteiger charge is 2.38. The minimum absolute atomic E-state index is 0.0832. The van der Waals surface area contributed by atoms with Crippen molar-refractivity contribution >= 4 is 22.2 Å². The van der Waals surface area contributed by atoms with Gasteiger partial charge in [-0.25, -0.2) is 4.79 Å². The first-order valence-corrected chi connectivity index (χ1v) is 10.1. The van der Waals surface area contributed by atoms with E-state index in [9.17, 15) is 21.9 Å². The van der Waals surface area contributed by atoms with E-state index < -0.39 is 21.1 Å². The first-order chi connectivity index (χ1) is 11.5. The molecule has 0 aromatic heterocycles. The van der Waals surface area contributed by atoms with Crippen LogP contribution in [0.5, 0.6) is 0 Å². The van der Waals surface area contributed by atoms with Crippen molar-refractivity contribution in [1.29, 1.82) is 0 Å². The quantitative estimate of drug-likeness (QED) is 0.698.